The number of unbranched alkanes of at least 4 members (excludes halogenated alkanes) is 1. The van der Waals surface area contributed by atoms with Gasteiger partial charge in [-0.1, -0.05) is 25.5 Å². The molecule has 3 nitrogen and oxygen atoms in total. The summed E-state index contributed by atoms with van der Waals surface area (Å²) in [5, 5.41) is 10.4. The standard InChI is InChI=1S/C19H25NO2S/c1-2-3-9-20-10-7-14(8-11-20)12-16-13-15-5-4-6-17(19(21)22)18(15)23-16/h4-6,13-14H,2-3,7-12H2,1H3,(H,21,22). The number of piperidine rings is 1. The van der Waals surface area contributed by atoms with Crippen LogP contribution < -0.4 is 0 Å². The van der Waals surface area contributed by atoms with E-state index in [0.29, 0.717) is 5.56 Å². The van der Waals surface area contributed by atoms with Crippen molar-refractivity contribution in [2.24, 2.45) is 5.92 Å². The first kappa shape index (κ1) is 16.5. The Kier molecular flexibility index (Phi) is 5.34. The van der Waals surface area contributed by atoms with E-state index in [-0.39, 0.29) is 0 Å². The fourth-order valence-electron chi connectivity index (χ4n) is 3.47. The first-order valence-electron chi connectivity index (χ1n) is 8.64. The maximum absolute atomic E-state index is 11.3. The fraction of sp³-hybridized carbons (Fsp3) is 0.526. The Labute approximate surface area is 141 Å². The fourth-order valence-corrected chi connectivity index (χ4v) is 4.74. The van der Waals surface area contributed by atoms with Crippen LogP contribution in [0.1, 0.15) is 47.8 Å². The van der Waals surface area contributed by atoms with Crippen LogP contribution in [-0.4, -0.2) is 35.6 Å². The van der Waals surface area contributed by atoms with Crippen molar-refractivity contribution in [3.63, 3.8) is 0 Å². The Morgan fingerprint density at radius 1 is 1.35 bits per heavy atom. The van der Waals surface area contributed by atoms with Crippen LogP contribution in [0, 0.1) is 5.92 Å². The summed E-state index contributed by atoms with van der Waals surface area (Å²) in [7, 11) is 0. The second-order valence-electron chi connectivity index (χ2n) is 6.58. The van der Waals surface area contributed by atoms with E-state index in [0.717, 1.165) is 22.4 Å². The molecule has 124 valence electrons. The van der Waals surface area contributed by atoms with Gasteiger partial charge in [-0.3, -0.25) is 0 Å². The number of likely N-dealkylation sites (tertiary alicyclic amines) is 1. The van der Waals surface area contributed by atoms with Gasteiger partial charge in [0.25, 0.3) is 0 Å². The number of hydrogen-bond acceptors (Lipinski definition) is 3. The van der Waals surface area contributed by atoms with E-state index in [4.69, 9.17) is 0 Å². The number of hydrogen-bond donors (Lipinski definition) is 1. The first-order chi connectivity index (χ1) is 11.2. The van der Waals surface area contributed by atoms with E-state index < -0.39 is 5.97 Å². The number of carboxylic acids is 1. The number of carbonyl (C=O) groups is 1. The Hall–Kier alpha value is -1.39. The second-order valence-corrected chi connectivity index (χ2v) is 7.72. The molecular formula is C19H25NO2S. The third kappa shape index (κ3) is 3.93. The van der Waals surface area contributed by atoms with Crippen molar-refractivity contribution in [2.75, 3.05) is 19.6 Å². The Balaban J connectivity index is 1.64. The molecule has 1 aliphatic heterocycles. The zero-order valence-corrected chi connectivity index (χ0v) is 14.6. The van der Waals surface area contributed by atoms with Crippen molar-refractivity contribution in [1.29, 1.82) is 0 Å². The smallest absolute Gasteiger partial charge is 0.337 e. The van der Waals surface area contributed by atoms with Crippen LogP contribution in [-0.2, 0) is 6.42 Å². The van der Waals surface area contributed by atoms with E-state index >= 15 is 0 Å². The van der Waals surface area contributed by atoms with Crippen molar-refractivity contribution in [1.82, 2.24) is 4.90 Å². The average Bonchev–Trinajstić information content (AvgIpc) is 2.96. The van der Waals surface area contributed by atoms with Crippen molar-refractivity contribution < 1.29 is 9.90 Å². The minimum atomic E-state index is -0.826. The van der Waals surface area contributed by atoms with Crippen LogP contribution >= 0.6 is 11.3 Å². The third-order valence-electron chi connectivity index (χ3n) is 4.85. The molecule has 1 fully saturated rings. The van der Waals surface area contributed by atoms with Gasteiger partial charge in [0.15, 0.2) is 0 Å². The minimum absolute atomic E-state index is 0.438. The summed E-state index contributed by atoms with van der Waals surface area (Å²) in [5.74, 6) is -0.0811. The SMILES string of the molecule is CCCCN1CCC(Cc2cc3cccc(C(=O)O)c3s2)CC1. The number of fused-ring (bicyclic) bond motifs is 1. The Morgan fingerprint density at radius 3 is 2.83 bits per heavy atom. The normalized spacial score (nSPS) is 16.9. The molecule has 0 bridgehead atoms. The molecular weight excluding hydrogens is 306 g/mol. The van der Waals surface area contributed by atoms with Crippen molar-refractivity contribution >= 4 is 27.4 Å². The molecule has 1 saturated heterocycles. The number of thiophene rings is 1. The maximum Gasteiger partial charge on any atom is 0.337 e. The van der Waals surface area contributed by atoms with Gasteiger partial charge in [0.2, 0.25) is 0 Å². The highest BCUT2D eigenvalue weighted by Gasteiger charge is 2.20. The van der Waals surface area contributed by atoms with Gasteiger partial charge in [0, 0.05) is 9.58 Å². The Morgan fingerprint density at radius 2 is 2.13 bits per heavy atom. The number of benzene rings is 1. The quantitative estimate of drug-likeness (QED) is 0.837. The summed E-state index contributed by atoms with van der Waals surface area (Å²) in [5.41, 5.74) is 0.438. The Bertz CT molecular complexity index is 671. The van der Waals surface area contributed by atoms with Crippen LogP contribution in [0.4, 0.5) is 0 Å². The van der Waals surface area contributed by atoms with Gasteiger partial charge in [-0.2, -0.15) is 0 Å². The lowest BCUT2D eigenvalue weighted by Gasteiger charge is -2.31. The van der Waals surface area contributed by atoms with Gasteiger partial charge in [-0.15, -0.1) is 11.3 Å². The van der Waals surface area contributed by atoms with Gasteiger partial charge in [0.1, 0.15) is 0 Å². The van der Waals surface area contributed by atoms with Gasteiger partial charge in [-0.25, -0.2) is 4.79 Å². The van der Waals surface area contributed by atoms with Crippen LogP contribution in [0.2, 0.25) is 0 Å². The monoisotopic (exact) mass is 331 g/mol. The van der Waals surface area contributed by atoms with Gasteiger partial charge >= 0.3 is 5.97 Å². The van der Waals surface area contributed by atoms with Crippen molar-refractivity contribution in [2.45, 2.75) is 39.0 Å². The third-order valence-corrected chi connectivity index (χ3v) is 6.06. The van der Waals surface area contributed by atoms with Crippen molar-refractivity contribution in [3.8, 4) is 0 Å². The lowest BCUT2D eigenvalue weighted by atomic mass is 9.92. The predicted octanol–water partition coefficient (Wildman–Crippen LogP) is 4.65. The lowest BCUT2D eigenvalue weighted by Crippen LogP contribution is -2.34. The molecule has 4 heteroatoms. The van der Waals surface area contributed by atoms with Crippen LogP contribution in [0.25, 0.3) is 10.1 Å². The largest absolute Gasteiger partial charge is 0.478 e. The molecule has 1 aromatic carbocycles. The summed E-state index contributed by atoms with van der Waals surface area (Å²) in [6, 6.07) is 7.76. The molecule has 0 spiro atoms. The van der Waals surface area contributed by atoms with Crippen LogP contribution in [0.5, 0.6) is 0 Å². The highest BCUT2D eigenvalue weighted by molar-refractivity contribution is 7.19. The second kappa shape index (κ2) is 7.45. The molecule has 0 unspecified atom stereocenters. The molecule has 1 N–H and O–H groups in total. The molecule has 0 radical (unpaired) electrons. The molecule has 3 rings (SSSR count). The van der Waals surface area contributed by atoms with E-state index in [2.05, 4.69) is 17.9 Å². The van der Waals surface area contributed by atoms with E-state index in [1.165, 1.54) is 50.2 Å². The van der Waals surface area contributed by atoms with Crippen LogP contribution in [0.3, 0.4) is 0 Å². The summed E-state index contributed by atoms with van der Waals surface area (Å²) < 4.78 is 0.926. The van der Waals surface area contributed by atoms with Gasteiger partial charge in [-0.05, 0) is 68.8 Å². The summed E-state index contributed by atoms with van der Waals surface area (Å²) in [4.78, 5) is 15.3. The molecule has 0 atom stereocenters. The molecule has 23 heavy (non-hydrogen) atoms. The van der Waals surface area contributed by atoms with E-state index in [9.17, 15) is 9.90 Å². The number of nitrogens with zero attached hydrogens (tertiary/aromatic N) is 1. The molecule has 0 aliphatic carbocycles. The van der Waals surface area contributed by atoms with Gasteiger partial charge in [0.05, 0.1) is 5.56 Å². The lowest BCUT2D eigenvalue weighted by molar-refractivity contribution is 0.0699. The van der Waals surface area contributed by atoms with E-state index in [1.807, 2.05) is 12.1 Å². The predicted molar refractivity (Wildman–Crippen MR) is 96.6 cm³/mol. The highest BCUT2D eigenvalue weighted by Crippen LogP contribution is 2.32. The van der Waals surface area contributed by atoms with Gasteiger partial charge < -0.3 is 10.0 Å². The number of carboxylic acid groups (broad SMARTS) is 1. The molecule has 0 amide bonds. The van der Waals surface area contributed by atoms with Crippen molar-refractivity contribution in [3.05, 3.63) is 34.7 Å². The number of aromatic carboxylic acids is 1. The number of rotatable bonds is 6. The summed E-state index contributed by atoms with van der Waals surface area (Å²) in [6.45, 7) is 5.93. The summed E-state index contributed by atoms with van der Waals surface area (Å²) >= 11 is 1.67. The highest BCUT2D eigenvalue weighted by atomic mass is 32.1. The first-order valence-corrected chi connectivity index (χ1v) is 9.46. The molecule has 2 aromatic rings. The molecule has 1 aliphatic rings. The molecule has 2 heterocycles. The summed E-state index contributed by atoms with van der Waals surface area (Å²) in [6.07, 6.45) is 6.21. The topological polar surface area (TPSA) is 40.5 Å². The average molecular weight is 331 g/mol. The zero-order valence-electron chi connectivity index (χ0n) is 13.8. The van der Waals surface area contributed by atoms with E-state index in [1.54, 1.807) is 17.4 Å². The molecule has 0 saturated carbocycles. The van der Waals surface area contributed by atoms with Crippen LogP contribution in [0.15, 0.2) is 24.3 Å². The molecule has 1 aromatic heterocycles. The minimum Gasteiger partial charge on any atom is -0.478 e. The zero-order chi connectivity index (χ0) is 16.2. The maximum atomic E-state index is 11.3.